The first kappa shape index (κ1) is 25.8. The minimum atomic E-state index is -1.00. The second-order valence-electron chi connectivity index (χ2n) is 6.90. The van der Waals surface area contributed by atoms with E-state index in [9.17, 15) is 14.0 Å². The van der Waals surface area contributed by atoms with Gasteiger partial charge >= 0.3 is 11.8 Å². The third kappa shape index (κ3) is 6.84. The molecule has 0 bridgehead atoms. The molecule has 35 heavy (non-hydrogen) atoms. The first-order valence-electron chi connectivity index (χ1n) is 10.0. The van der Waals surface area contributed by atoms with Crippen LogP contribution in [0.2, 0.25) is 10.0 Å². The van der Waals surface area contributed by atoms with Gasteiger partial charge in [-0.05, 0) is 54.1 Å². The zero-order chi connectivity index (χ0) is 25.4. The lowest BCUT2D eigenvalue weighted by atomic mass is 10.2. The largest absolute Gasteiger partial charge is 0.495 e. The van der Waals surface area contributed by atoms with E-state index in [2.05, 4.69) is 15.8 Å². The van der Waals surface area contributed by atoms with Crippen LogP contribution in [0.5, 0.6) is 17.2 Å². The van der Waals surface area contributed by atoms with Crippen LogP contribution in [-0.2, 0) is 16.2 Å². The highest BCUT2D eigenvalue weighted by atomic mass is 35.5. The number of carbonyl (C=O) groups is 2. The van der Waals surface area contributed by atoms with Gasteiger partial charge in [-0.25, -0.2) is 9.82 Å². The molecule has 11 heteroatoms. The Bertz CT molecular complexity index is 1250. The highest BCUT2D eigenvalue weighted by Gasteiger charge is 2.16. The highest BCUT2D eigenvalue weighted by Crippen LogP contribution is 2.30. The number of halogens is 3. The lowest BCUT2D eigenvalue weighted by Crippen LogP contribution is -2.32. The van der Waals surface area contributed by atoms with Gasteiger partial charge in [-0.3, -0.25) is 9.59 Å². The Kier molecular flexibility index (Phi) is 8.88. The summed E-state index contributed by atoms with van der Waals surface area (Å²) in [4.78, 5) is 24.2. The summed E-state index contributed by atoms with van der Waals surface area (Å²) in [5, 5.41) is 6.80. The van der Waals surface area contributed by atoms with Crippen LogP contribution in [0.4, 0.5) is 10.1 Å². The molecule has 0 saturated carbocycles. The molecule has 0 aromatic heterocycles. The average molecular weight is 520 g/mol. The first-order valence-corrected chi connectivity index (χ1v) is 10.8. The van der Waals surface area contributed by atoms with Gasteiger partial charge in [0, 0.05) is 10.6 Å². The number of hydrogen-bond donors (Lipinski definition) is 2. The van der Waals surface area contributed by atoms with Gasteiger partial charge in [0.15, 0.2) is 11.5 Å². The standard InChI is InChI=1S/C24H20Cl2FN3O5/c1-33-20-9-7-15(25)11-19(20)29-23(31)24(32)30-28-12-14-6-8-21(22(10-14)34-2)35-13-16-17(26)4-3-5-18(16)27/h3-12H,13H2,1-2H3,(H,29,31)(H,30,32)/b28-12+. The van der Waals surface area contributed by atoms with E-state index in [1.54, 1.807) is 36.4 Å². The number of carbonyl (C=O) groups excluding carboxylic acids is 2. The van der Waals surface area contributed by atoms with Crippen molar-refractivity contribution in [3.05, 3.63) is 81.6 Å². The molecule has 0 aliphatic heterocycles. The fourth-order valence-corrected chi connectivity index (χ4v) is 3.27. The van der Waals surface area contributed by atoms with E-state index in [1.807, 2.05) is 0 Å². The van der Waals surface area contributed by atoms with E-state index < -0.39 is 17.6 Å². The van der Waals surface area contributed by atoms with Crippen LogP contribution in [0.3, 0.4) is 0 Å². The number of nitrogens with one attached hydrogen (secondary N) is 2. The Balaban J connectivity index is 1.61. The summed E-state index contributed by atoms with van der Waals surface area (Å²) >= 11 is 11.9. The lowest BCUT2D eigenvalue weighted by Gasteiger charge is -2.12. The Morgan fingerprint density at radius 2 is 1.71 bits per heavy atom. The van der Waals surface area contributed by atoms with Crippen molar-refractivity contribution in [1.82, 2.24) is 5.43 Å². The van der Waals surface area contributed by atoms with Crippen LogP contribution in [0.25, 0.3) is 0 Å². The van der Waals surface area contributed by atoms with Crippen molar-refractivity contribution in [1.29, 1.82) is 0 Å². The fourth-order valence-electron chi connectivity index (χ4n) is 2.88. The van der Waals surface area contributed by atoms with Gasteiger partial charge in [0.05, 0.1) is 31.1 Å². The number of benzene rings is 3. The molecule has 2 amide bonds. The van der Waals surface area contributed by atoms with Crippen molar-refractivity contribution in [3.63, 3.8) is 0 Å². The summed E-state index contributed by atoms with van der Waals surface area (Å²) < 4.78 is 30.0. The SMILES string of the molecule is COc1ccc(Cl)cc1NC(=O)C(=O)N/N=C/c1ccc(OCc2c(F)cccc2Cl)c(OC)c1. The molecular weight excluding hydrogens is 500 g/mol. The van der Waals surface area contributed by atoms with Gasteiger partial charge in [0.25, 0.3) is 0 Å². The van der Waals surface area contributed by atoms with Crippen molar-refractivity contribution >= 4 is 46.9 Å². The molecule has 0 heterocycles. The molecule has 0 unspecified atom stereocenters. The van der Waals surface area contributed by atoms with Gasteiger partial charge in [-0.1, -0.05) is 29.3 Å². The topological polar surface area (TPSA) is 98.2 Å². The number of ether oxygens (including phenoxy) is 3. The predicted octanol–water partition coefficient (Wildman–Crippen LogP) is 4.82. The summed E-state index contributed by atoms with van der Waals surface area (Å²) in [6.45, 7) is -0.0993. The minimum absolute atomic E-state index is 0.0993. The Morgan fingerprint density at radius 3 is 2.43 bits per heavy atom. The number of anilines is 1. The van der Waals surface area contributed by atoms with E-state index in [-0.39, 0.29) is 22.9 Å². The molecule has 0 radical (unpaired) electrons. The summed E-state index contributed by atoms with van der Waals surface area (Å²) in [6.07, 6.45) is 1.31. The van der Waals surface area contributed by atoms with Gasteiger partial charge < -0.3 is 19.5 Å². The second-order valence-corrected chi connectivity index (χ2v) is 7.74. The van der Waals surface area contributed by atoms with E-state index in [0.717, 1.165) is 0 Å². The summed E-state index contributed by atoms with van der Waals surface area (Å²) in [5.41, 5.74) is 3.13. The summed E-state index contributed by atoms with van der Waals surface area (Å²) in [6, 6.07) is 13.8. The van der Waals surface area contributed by atoms with Crippen molar-refractivity contribution in [2.75, 3.05) is 19.5 Å². The van der Waals surface area contributed by atoms with E-state index in [1.165, 1.54) is 38.6 Å². The molecule has 2 N–H and O–H groups in total. The molecule has 0 spiro atoms. The number of hydrazone groups is 1. The molecule has 8 nitrogen and oxygen atoms in total. The van der Waals surface area contributed by atoms with Crippen LogP contribution < -0.4 is 25.0 Å². The predicted molar refractivity (Wildman–Crippen MR) is 131 cm³/mol. The first-order chi connectivity index (χ1) is 16.8. The molecule has 3 aromatic carbocycles. The number of nitrogens with zero attached hydrogens (tertiary/aromatic N) is 1. The van der Waals surface area contributed by atoms with Gasteiger partial charge in [-0.15, -0.1) is 0 Å². The highest BCUT2D eigenvalue weighted by molar-refractivity contribution is 6.40. The van der Waals surface area contributed by atoms with Crippen LogP contribution in [0, 0.1) is 5.82 Å². The number of rotatable bonds is 8. The second kappa shape index (κ2) is 12.0. The van der Waals surface area contributed by atoms with Crippen LogP contribution >= 0.6 is 23.2 Å². The molecule has 182 valence electrons. The van der Waals surface area contributed by atoms with E-state index in [4.69, 9.17) is 37.4 Å². The van der Waals surface area contributed by atoms with E-state index in [0.29, 0.717) is 27.8 Å². The molecular formula is C24H20Cl2FN3O5. The maximum atomic E-state index is 14.0. The Morgan fingerprint density at radius 1 is 0.971 bits per heavy atom. The summed E-state index contributed by atoms with van der Waals surface area (Å²) in [5.74, 6) is -1.41. The average Bonchev–Trinajstić information content (AvgIpc) is 2.84. The van der Waals surface area contributed by atoms with Crippen LogP contribution in [0.15, 0.2) is 59.7 Å². The Labute approximate surface area is 210 Å². The third-order valence-corrected chi connectivity index (χ3v) is 5.21. The van der Waals surface area contributed by atoms with Crippen molar-refractivity contribution in [2.45, 2.75) is 6.61 Å². The van der Waals surface area contributed by atoms with Crippen LogP contribution in [0.1, 0.15) is 11.1 Å². The van der Waals surface area contributed by atoms with Crippen LogP contribution in [-0.4, -0.2) is 32.2 Å². The number of hydrogen-bond acceptors (Lipinski definition) is 6. The van der Waals surface area contributed by atoms with Gasteiger partial charge in [-0.2, -0.15) is 5.10 Å². The molecule has 0 atom stereocenters. The fraction of sp³-hybridized carbons (Fsp3) is 0.125. The normalized spacial score (nSPS) is 10.7. The molecule has 0 aliphatic carbocycles. The maximum Gasteiger partial charge on any atom is 0.329 e. The van der Waals surface area contributed by atoms with Gasteiger partial charge in [0.2, 0.25) is 0 Å². The molecule has 0 saturated heterocycles. The number of amides is 2. The molecule has 0 fully saturated rings. The molecule has 3 aromatic rings. The Hall–Kier alpha value is -3.82. The molecule has 0 aliphatic rings. The zero-order valence-corrected chi connectivity index (χ0v) is 20.1. The number of methoxy groups -OCH3 is 2. The quantitative estimate of drug-likeness (QED) is 0.252. The lowest BCUT2D eigenvalue weighted by molar-refractivity contribution is -0.136. The molecule has 3 rings (SSSR count). The zero-order valence-electron chi connectivity index (χ0n) is 18.6. The van der Waals surface area contributed by atoms with Crippen molar-refractivity contribution in [2.24, 2.45) is 5.10 Å². The van der Waals surface area contributed by atoms with Gasteiger partial charge in [0.1, 0.15) is 18.2 Å². The minimum Gasteiger partial charge on any atom is -0.495 e. The summed E-state index contributed by atoms with van der Waals surface area (Å²) in [7, 11) is 2.86. The van der Waals surface area contributed by atoms with E-state index >= 15 is 0 Å². The maximum absolute atomic E-state index is 14.0. The third-order valence-electron chi connectivity index (χ3n) is 4.62. The van der Waals surface area contributed by atoms with Crippen molar-refractivity contribution in [3.8, 4) is 17.2 Å². The van der Waals surface area contributed by atoms with Crippen molar-refractivity contribution < 1.29 is 28.2 Å². The smallest absolute Gasteiger partial charge is 0.329 e. The monoisotopic (exact) mass is 519 g/mol.